The number of allylic oxidation sites excluding steroid dienone is 1. The van der Waals surface area contributed by atoms with Crippen molar-refractivity contribution in [3.8, 4) is 0 Å². The van der Waals surface area contributed by atoms with Gasteiger partial charge in [-0.25, -0.2) is 0 Å². The summed E-state index contributed by atoms with van der Waals surface area (Å²) in [5.41, 5.74) is 1.31. The maximum absolute atomic E-state index is 2.33. The van der Waals surface area contributed by atoms with Crippen LogP contribution in [-0.2, 0) is 0 Å². The Labute approximate surface area is 100 Å². The molecule has 0 radical (unpaired) electrons. The van der Waals surface area contributed by atoms with Crippen LogP contribution >= 0.6 is 0 Å². The summed E-state index contributed by atoms with van der Waals surface area (Å²) in [6.45, 7) is 4.57. The molecule has 1 unspecified atom stereocenters. The zero-order valence-corrected chi connectivity index (χ0v) is 10.7. The number of benzene rings is 1. The van der Waals surface area contributed by atoms with Crippen molar-refractivity contribution in [3.63, 3.8) is 0 Å². The lowest BCUT2D eigenvalue weighted by Gasteiger charge is -2.11. The fraction of sp³-hybridized carbons (Fsp3) is 0.500. The summed E-state index contributed by atoms with van der Waals surface area (Å²) >= 11 is 0. The van der Waals surface area contributed by atoms with Crippen LogP contribution in [0.1, 0.15) is 51.5 Å². The summed E-state index contributed by atoms with van der Waals surface area (Å²) < 4.78 is 0. The molecule has 0 nitrogen and oxygen atoms in total. The first-order valence-corrected chi connectivity index (χ1v) is 6.58. The average molecular weight is 216 g/mol. The van der Waals surface area contributed by atoms with Crippen LogP contribution in [0, 0.1) is 5.92 Å². The van der Waals surface area contributed by atoms with Crippen molar-refractivity contribution in [1.82, 2.24) is 0 Å². The molecule has 0 aliphatic rings. The van der Waals surface area contributed by atoms with Crippen LogP contribution in [0.15, 0.2) is 36.4 Å². The minimum absolute atomic E-state index is 0.875. The van der Waals surface area contributed by atoms with Crippen LogP contribution < -0.4 is 0 Å². The van der Waals surface area contributed by atoms with E-state index < -0.39 is 0 Å². The van der Waals surface area contributed by atoms with Gasteiger partial charge in [-0.3, -0.25) is 0 Å². The van der Waals surface area contributed by atoms with Crippen LogP contribution in [-0.4, -0.2) is 0 Å². The van der Waals surface area contributed by atoms with Gasteiger partial charge in [0.05, 0.1) is 0 Å². The number of rotatable bonds is 7. The molecule has 88 valence electrons. The summed E-state index contributed by atoms with van der Waals surface area (Å²) in [5, 5.41) is 0. The number of hydrogen-bond donors (Lipinski definition) is 0. The summed E-state index contributed by atoms with van der Waals surface area (Å²) in [5.74, 6) is 0.875. The molecule has 1 rings (SSSR count). The molecule has 1 aromatic carbocycles. The zero-order chi connectivity index (χ0) is 11.6. The summed E-state index contributed by atoms with van der Waals surface area (Å²) in [6.07, 6.45) is 11.2. The third-order valence-corrected chi connectivity index (χ3v) is 3.12. The van der Waals surface area contributed by atoms with Gasteiger partial charge in [0, 0.05) is 0 Å². The molecule has 0 aliphatic carbocycles. The lowest BCUT2D eigenvalue weighted by Crippen LogP contribution is -1.96. The van der Waals surface area contributed by atoms with Crippen molar-refractivity contribution >= 4 is 6.08 Å². The predicted molar refractivity (Wildman–Crippen MR) is 73.4 cm³/mol. The minimum atomic E-state index is 0.875. The second-order valence-electron chi connectivity index (χ2n) is 4.47. The van der Waals surface area contributed by atoms with E-state index in [0.29, 0.717) is 0 Å². The van der Waals surface area contributed by atoms with Gasteiger partial charge in [0.2, 0.25) is 0 Å². The maximum Gasteiger partial charge on any atom is -0.0260 e. The van der Waals surface area contributed by atoms with E-state index in [-0.39, 0.29) is 0 Å². The molecule has 0 saturated heterocycles. The molecular formula is C16H24. The molecular weight excluding hydrogens is 192 g/mol. The second kappa shape index (κ2) is 8.15. The molecule has 0 spiro atoms. The molecule has 0 aliphatic heterocycles. The Morgan fingerprint density at radius 1 is 1.12 bits per heavy atom. The van der Waals surface area contributed by atoms with Gasteiger partial charge in [-0.2, -0.15) is 0 Å². The van der Waals surface area contributed by atoms with E-state index in [1.54, 1.807) is 0 Å². The quantitative estimate of drug-likeness (QED) is 0.579. The SMILES string of the molecule is CCCCC(CC)C/C=C/c1ccccc1. The lowest BCUT2D eigenvalue weighted by molar-refractivity contribution is 0.457. The van der Waals surface area contributed by atoms with Gasteiger partial charge in [-0.15, -0.1) is 0 Å². The first-order chi connectivity index (χ1) is 7.86. The van der Waals surface area contributed by atoms with Gasteiger partial charge in [0.15, 0.2) is 0 Å². The van der Waals surface area contributed by atoms with Gasteiger partial charge >= 0.3 is 0 Å². The van der Waals surface area contributed by atoms with E-state index in [2.05, 4.69) is 56.3 Å². The minimum Gasteiger partial charge on any atom is -0.0837 e. The van der Waals surface area contributed by atoms with E-state index in [1.165, 1.54) is 37.7 Å². The van der Waals surface area contributed by atoms with Crippen LogP contribution in [0.25, 0.3) is 6.08 Å². The van der Waals surface area contributed by atoms with Crippen molar-refractivity contribution < 1.29 is 0 Å². The van der Waals surface area contributed by atoms with Crippen molar-refractivity contribution in [2.75, 3.05) is 0 Å². The first kappa shape index (κ1) is 13.0. The van der Waals surface area contributed by atoms with Crippen LogP contribution in [0.5, 0.6) is 0 Å². The summed E-state index contributed by atoms with van der Waals surface area (Å²) in [4.78, 5) is 0. The first-order valence-electron chi connectivity index (χ1n) is 6.58. The molecule has 1 atom stereocenters. The highest BCUT2D eigenvalue weighted by atomic mass is 14.1. The second-order valence-corrected chi connectivity index (χ2v) is 4.47. The summed E-state index contributed by atoms with van der Waals surface area (Å²) in [7, 11) is 0. The molecule has 0 aromatic heterocycles. The highest BCUT2D eigenvalue weighted by Crippen LogP contribution is 2.17. The number of unbranched alkanes of at least 4 members (excludes halogenated alkanes) is 1. The van der Waals surface area contributed by atoms with Gasteiger partial charge in [-0.1, -0.05) is 82.0 Å². The van der Waals surface area contributed by atoms with Gasteiger partial charge in [0.25, 0.3) is 0 Å². The molecule has 0 N–H and O–H groups in total. The van der Waals surface area contributed by atoms with E-state index in [4.69, 9.17) is 0 Å². The Bertz CT molecular complexity index is 284. The largest absolute Gasteiger partial charge is 0.0837 e. The van der Waals surface area contributed by atoms with Crippen LogP contribution in [0.4, 0.5) is 0 Å². The standard InChI is InChI=1S/C16H24/c1-3-5-10-15(4-2)13-9-14-16-11-7-6-8-12-16/h6-9,11-12,14-15H,3-5,10,13H2,1-2H3/b14-9+. The summed E-state index contributed by atoms with van der Waals surface area (Å²) in [6, 6.07) is 10.6. The Kier molecular flexibility index (Phi) is 6.64. The molecule has 16 heavy (non-hydrogen) atoms. The molecule has 1 aromatic rings. The fourth-order valence-electron chi connectivity index (χ4n) is 1.94. The predicted octanol–water partition coefficient (Wildman–Crippen LogP) is 5.31. The van der Waals surface area contributed by atoms with Crippen molar-refractivity contribution in [3.05, 3.63) is 42.0 Å². The normalized spacial score (nSPS) is 13.1. The van der Waals surface area contributed by atoms with E-state index in [9.17, 15) is 0 Å². The van der Waals surface area contributed by atoms with Crippen molar-refractivity contribution in [2.24, 2.45) is 5.92 Å². The Morgan fingerprint density at radius 2 is 1.88 bits per heavy atom. The maximum atomic E-state index is 2.33. The Morgan fingerprint density at radius 3 is 2.50 bits per heavy atom. The Balaban J connectivity index is 2.34. The van der Waals surface area contributed by atoms with Gasteiger partial charge in [-0.05, 0) is 17.9 Å². The molecule has 0 heterocycles. The molecule has 0 saturated carbocycles. The zero-order valence-electron chi connectivity index (χ0n) is 10.7. The van der Waals surface area contributed by atoms with E-state index in [0.717, 1.165) is 5.92 Å². The third kappa shape index (κ3) is 5.16. The number of hydrogen-bond acceptors (Lipinski definition) is 0. The fourth-order valence-corrected chi connectivity index (χ4v) is 1.94. The lowest BCUT2D eigenvalue weighted by atomic mass is 9.95. The molecule has 0 heteroatoms. The molecule has 0 fully saturated rings. The van der Waals surface area contributed by atoms with Crippen LogP contribution in [0.3, 0.4) is 0 Å². The third-order valence-electron chi connectivity index (χ3n) is 3.12. The van der Waals surface area contributed by atoms with Crippen molar-refractivity contribution in [1.29, 1.82) is 0 Å². The average Bonchev–Trinajstić information content (AvgIpc) is 2.35. The topological polar surface area (TPSA) is 0 Å². The molecule has 0 bridgehead atoms. The van der Waals surface area contributed by atoms with Gasteiger partial charge < -0.3 is 0 Å². The van der Waals surface area contributed by atoms with Gasteiger partial charge in [0.1, 0.15) is 0 Å². The highest BCUT2D eigenvalue weighted by molar-refractivity contribution is 5.48. The monoisotopic (exact) mass is 216 g/mol. The smallest absolute Gasteiger partial charge is 0.0260 e. The molecule has 0 amide bonds. The van der Waals surface area contributed by atoms with E-state index in [1.807, 2.05) is 0 Å². The van der Waals surface area contributed by atoms with E-state index >= 15 is 0 Å². The van der Waals surface area contributed by atoms with Crippen molar-refractivity contribution in [2.45, 2.75) is 46.0 Å². The Hall–Kier alpha value is -1.04. The van der Waals surface area contributed by atoms with Crippen LogP contribution in [0.2, 0.25) is 0 Å². The highest BCUT2D eigenvalue weighted by Gasteiger charge is 2.02.